The van der Waals surface area contributed by atoms with E-state index in [1.807, 2.05) is 13.8 Å². The molecule has 0 fully saturated rings. The number of aromatic nitrogens is 2. The van der Waals surface area contributed by atoms with Gasteiger partial charge in [0.1, 0.15) is 11.4 Å². The van der Waals surface area contributed by atoms with Crippen LogP contribution in [0.1, 0.15) is 34.6 Å². The van der Waals surface area contributed by atoms with E-state index in [0.717, 1.165) is 9.13 Å². The van der Waals surface area contributed by atoms with Gasteiger partial charge in [-0.1, -0.05) is 37.0 Å². The Morgan fingerprint density at radius 1 is 1.18 bits per heavy atom. The number of anilines is 1. The van der Waals surface area contributed by atoms with Crippen LogP contribution in [0.3, 0.4) is 0 Å². The fraction of sp³-hybridized carbons (Fsp3) is 0.333. The van der Waals surface area contributed by atoms with Gasteiger partial charge in [0.05, 0.1) is 15.6 Å². The monoisotopic (exact) mass is 427 g/mol. The normalized spacial score (nSPS) is 10.9. The van der Waals surface area contributed by atoms with E-state index in [1.165, 1.54) is 25.2 Å². The van der Waals surface area contributed by atoms with Crippen LogP contribution in [-0.4, -0.2) is 27.5 Å². The lowest BCUT2D eigenvalue weighted by atomic mass is 10.1. The number of hydrogen-bond acceptors (Lipinski definition) is 6. The number of nitrogens with two attached hydrogens (primary N) is 1. The van der Waals surface area contributed by atoms with Crippen molar-refractivity contribution in [2.24, 2.45) is 13.0 Å². The zero-order chi connectivity index (χ0) is 21.2. The van der Waals surface area contributed by atoms with E-state index >= 15 is 0 Å². The third-order valence-corrected chi connectivity index (χ3v) is 4.64. The molecular weight excluding hydrogens is 409 g/mol. The number of carbonyl (C=O) groups excluding carboxylic acids is 2. The van der Waals surface area contributed by atoms with Crippen LogP contribution >= 0.6 is 23.2 Å². The zero-order valence-electron chi connectivity index (χ0n) is 15.5. The van der Waals surface area contributed by atoms with Crippen LogP contribution in [0.5, 0.6) is 0 Å². The molecule has 2 aromatic rings. The van der Waals surface area contributed by atoms with Crippen molar-refractivity contribution in [2.45, 2.75) is 20.4 Å². The first-order valence-corrected chi connectivity index (χ1v) is 9.04. The molecule has 0 aliphatic carbocycles. The molecule has 1 heterocycles. The lowest BCUT2D eigenvalue weighted by Gasteiger charge is -2.16. The van der Waals surface area contributed by atoms with Crippen molar-refractivity contribution >= 4 is 40.8 Å². The van der Waals surface area contributed by atoms with Crippen molar-refractivity contribution in [2.75, 3.05) is 12.3 Å². The number of nitrogen functional groups attached to an aromatic ring is 1. The first kappa shape index (κ1) is 21.7. The highest BCUT2D eigenvalue weighted by atomic mass is 35.5. The smallest absolute Gasteiger partial charge is 0.338 e. The summed E-state index contributed by atoms with van der Waals surface area (Å²) in [6, 6.07) is 4.10. The van der Waals surface area contributed by atoms with Gasteiger partial charge in [0.15, 0.2) is 6.61 Å². The Hall–Kier alpha value is -2.58. The largest absolute Gasteiger partial charge is 0.454 e. The fourth-order valence-electron chi connectivity index (χ4n) is 2.50. The lowest BCUT2D eigenvalue weighted by Crippen LogP contribution is -2.43. The van der Waals surface area contributed by atoms with Crippen LogP contribution in [0, 0.1) is 5.92 Å². The maximum Gasteiger partial charge on any atom is 0.338 e. The van der Waals surface area contributed by atoms with Gasteiger partial charge < -0.3 is 10.5 Å². The molecule has 10 heteroatoms. The zero-order valence-corrected chi connectivity index (χ0v) is 17.0. The number of ether oxygens (including phenoxy) is 1. The minimum atomic E-state index is -0.849. The average Bonchev–Trinajstić information content (AvgIpc) is 2.63. The van der Waals surface area contributed by atoms with Crippen molar-refractivity contribution in [3.63, 3.8) is 0 Å². The van der Waals surface area contributed by atoms with Gasteiger partial charge >= 0.3 is 11.7 Å². The minimum absolute atomic E-state index is 0.0490. The first-order valence-electron chi connectivity index (χ1n) is 8.29. The van der Waals surface area contributed by atoms with E-state index in [0.29, 0.717) is 0 Å². The van der Waals surface area contributed by atoms with Crippen LogP contribution in [0.2, 0.25) is 10.0 Å². The van der Waals surface area contributed by atoms with Crippen molar-refractivity contribution < 1.29 is 14.3 Å². The molecule has 28 heavy (non-hydrogen) atoms. The summed E-state index contributed by atoms with van der Waals surface area (Å²) in [7, 11) is 1.25. The minimum Gasteiger partial charge on any atom is -0.454 e. The number of rotatable bonds is 6. The molecule has 0 saturated heterocycles. The Morgan fingerprint density at radius 3 is 2.39 bits per heavy atom. The van der Waals surface area contributed by atoms with Gasteiger partial charge in [-0.15, -0.1) is 0 Å². The molecular formula is C18H19Cl2N3O5. The molecule has 8 nitrogen and oxygen atoms in total. The van der Waals surface area contributed by atoms with E-state index in [2.05, 4.69) is 0 Å². The molecule has 0 aliphatic heterocycles. The number of carbonyl (C=O) groups is 2. The van der Waals surface area contributed by atoms with Crippen LogP contribution in [0.4, 0.5) is 5.82 Å². The van der Waals surface area contributed by atoms with Gasteiger partial charge in [0.25, 0.3) is 5.56 Å². The summed E-state index contributed by atoms with van der Waals surface area (Å²) < 4.78 is 6.91. The lowest BCUT2D eigenvalue weighted by molar-refractivity contribution is 0.0474. The van der Waals surface area contributed by atoms with E-state index in [4.69, 9.17) is 33.7 Å². The molecule has 1 aromatic heterocycles. The number of esters is 1. The average molecular weight is 428 g/mol. The highest BCUT2D eigenvalue weighted by molar-refractivity contribution is 6.42. The van der Waals surface area contributed by atoms with Crippen LogP contribution < -0.4 is 17.0 Å². The summed E-state index contributed by atoms with van der Waals surface area (Å²) in [6.07, 6.45) is 0. The quantitative estimate of drug-likeness (QED) is 0.557. The van der Waals surface area contributed by atoms with E-state index in [-0.39, 0.29) is 33.9 Å². The molecule has 2 N–H and O–H groups in total. The molecule has 2 rings (SSSR count). The van der Waals surface area contributed by atoms with Crippen molar-refractivity contribution in [1.82, 2.24) is 9.13 Å². The molecule has 0 bridgehead atoms. The van der Waals surface area contributed by atoms with E-state index < -0.39 is 35.2 Å². The Balaban J connectivity index is 2.30. The number of ketones is 1. The molecule has 150 valence electrons. The number of Topliss-reactive ketones (excluding diaryl/α,β-unsaturated/α-hetero) is 1. The highest BCUT2D eigenvalue weighted by Crippen LogP contribution is 2.23. The fourth-order valence-corrected chi connectivity index (χ4v) is 2.79. The van der Waals surface area contributed by atoms with Crippen molar-refractivity contribution in [1.29, 1.82) is 0 Å². The third-order valence-electron chi connectivity index (χ3n) is 3.90. The second-order valence-electron chi connectivity index (χ2n) is 6.54. The third kappa shape index (κ3) is 4.45. The SMILES string of the molecule is CC(C)Cn1c(N)c(C(=O)COC(=O)c2ccc(Cl)c(Cl)c2)c(=O)n(C)c1=O. The Labute approximate surface area is 170 Å². The first-order chi connectivity index (χ1) is 13.0. The summed E-state index contributed by atoms with van der Waals surface area (Å²) >= 11 is 11.6. The van der Waals surface area contributed by atoms with Crippen molar-refractivity contribution in [3.8, 4) is 0 Å². The summed E-state index contributed by atoms with van der Waals surface area (Å²) in [4.78, 5) is 49.2. The van der Waals surface area contributed by atoms with Gasteiger partial charge in [-0.05, 0) is 24.1 Å². The summed E-state index contributed by atoms with van der Waals surface area (Å²) in [6.45, 7) is 3.22. The van der Waals surface area contributed by atoms with E-state index in [9.17, 15) is 19.2 Å². The summed E-state index contributed by atoms with van der Waals surface area (Å²) in [5, 5.41) is 0.416. The highest BCUT2D eigenvalue weighted by Gasteiger charge is 2.23. The number of nitrogens with zero attached hydrogens (tertiary/aromatic N) is 2. The van der Waals surface area contributed by atoms with Gasteiger partial charge in [-0.3, -0.25) is 18.7 Å². The summed E-state index contributed by atoms with van der Waals surface area (Å²) in [5.41, 5.74) is 4.13. The predicted octanol–water partition coefficient (Wildman–Crippen LogP) is 2.13. The molecule has 0 radical (unpaired) electrons. The van der Waals surface area contributed by atoms with E-state index in [1.54, 1.807) is 0 Å². The van der Waals surface area contributed by atoms with Crippen LogP contribution in [-0.2, 0) is 18.3 Å². The van der Waals surface area contributed by atoms with Gasteiger partial charge in [-0.25, -0.2) is 9.59 Å². The predicted molar refractivity (Wildman–Crippen MR) is 106 cm³/mol. The maximum absolute atomic E-state index is 12.5. The Morgan fingerprint density at radius 2 is 1.82 bits per heavy atom. The molecule has 1 aromatic carbocycles. The molecule has 0 aliphatic rings. The second-order valence-corrected chi connectivity index (χ2v) is 7.35. The van der Waals surface area contributed by atoms with Crippen LogP contribution in [0.15, 0.2) is 27.8 Å². The molecule has 0 spiro atoms. The molecule has 0 saturated carbocycles. The van der Waals surface area contributed by atoms with Crippen LogP contribution in [0.25, 0.3) is 0 Å². The second kappa shape index (κ2) is 8.62. The molecule has 0 amide bonds. The number of hydrogen-bond donors (Lipinski definition) is 1. The Kier molecular flexibility index (Phi) is 6.69. The number of benzene rings is 1. The van der Waals surface area contributed by atoms with Gasteiger partial charge in [-0.2, -0.15) is 0 Å². The number of halogens is 2. The van der Waals surface area contributed by atoms with Gasteiger partial charge in [0, 0.05) is 13.6 Å². The topological polar surface area (TPSA) is 113 Å². The summed E-state index contributed by atoms with van der Waals surface area (Å²) in [5.74, 6) is -1.84. The maximum atomic E-state index is 12.5. The Bertz CT molecular complexity index is 1060. The standard InChI is InChI=1S/C18H19Cl2N3O5/c1-9(2)7-23-15(21)14(16(25)22(3)18(23)27)13(24)8-28-17(26)10-4-5-11(19)12(20)6-10/h4-6,9H,7-8,21H2,1-3H3. The molecule has 0 unspecified atom stereocenters. The van der Waals surface area contributed by atoms with Crippen molar-refractivity contribution in [3.05, 3.63) is 60.2 Å². The molecule has 0 atom stereocenters. The van der Waals surface area contributed by atoms with Gasteiger partial charge in [0.2, 0.25) is 5.78 Å².